The van der Waals surface area contributed by atoms with Gasteiger partial charge < -0.3 is 16.0 Å². The maximum absolute atomic E-state index is 11.6. The van der Waals surface area contributed by atoms with E-state index in [-0.39, 0.29) is 5.91 Å². The van der Waals surface area contributed by atoms with Gasteiger partial charge in [0.2, 0.25) is 5.91 Å². The number of rotatable bonds is 7. The molecule has 1 saturated heterocycles. The number of primary amides is 1. The van der Waals surface area contributed by atoms with Crippen molar-refractivity contribution in [2.75, 3.05) is 45.8 Å². The lowest BCUT2D eigenvalue weighted by atomic mass is 10.00. The van der Waals surface area contributed by atoms with Gasteiger partial charge in [-0.3, -0.25) is 9.69 Å². The molecular formula is C13H28N4O. The zero-order valence-electron chi connectivity index (χ0n) is 12.0. The molecule has 5 heteroatoms. The number of nitrogens with one attached hydrogen (secondary N) is 1. The summed E-state index contributed by atoms with van der Waals surface area (Å²) in [4.78, 5) is 16.4. The van der Waals surface area contributed by atoms with Crippen LogP contribution in [0.1, 0.15) is 27.2 Å². The van der Waals surface area contributed by atoms with Crippen molar-refractivity contribution in [3.63, 3.8) is 0 Å². The standard InChI is InChI=1S/C13H28N4O/c1-4-6-16-7-9-17(10-8-16)11-13(3,12(14)18)15-5-2/h15H,4-11H2,1-3H3,(H2,14,18). The van der Waals surface area contributed by atoms with E-state index in [1.165, 1.54) is 13.0 Å². The van der Waals surface area contributed by atoms with Crippen LogP contribution in [0.2, 0.25) is 0 Å². The van der Waals surface area contributed by atoms with E-state index < -0.39 is 5.54 Å². The van der Waals surface area contributed by atoms with E-state index >= 15 is 0 Å². The summed E-state index contributed by atoms with van der Waals surface area (Å²) in [7, 11) is 0. The molecule has 0 spiro atoms. The van der Waals surface area contributed by atoms with Gasteiger partial charge in [-0.2, -0.15) is 0 Å². The van der Waals surface area contributed by atoms with Gasteiger partial charge in [0.15, 0.2) is 0 Å². The summed E-state index contributed by atoms with van der Waals surface area (Å²) >= 11 is 0. The zero-order chi connectivity index (χ0) is 13.6. The number of nitrogens with two attached hydrogens (primary N) is 1. The van der Waals surface area contributed by atoms with Crippen molar-refractivity contribution in [2.24, 2.45) is 5.73 Å². The molecule has 0 bridgehead atoms. The maximum Gasteiger partial charge on any atom is 0.238 e. The minimum atomic E-state index is -0.609. The van der Waals surface area contributed by atoms with E-state index in [1.807, 2.05) is 13.8 Å². The Bertz CT molecular complexity index is 264. The largest absolute Gasteiger partial charge is 0.368 e. The van der Waals surface area contributed by atoms with Crippen molar-refractivity contribution in [1.82, 2.24) is 15.1 Å². The molecule has 1 unspecified atom stereocenters. The smallest absolute Gasteiger partial charge is 0.238 e. The lowest BCUT2D eigenvalue weighted by Gasteiger charge is -2.39. The van der Waals surface area contributed by atoms with Crippen molar-refractivity contribution in [1.29, 1.82) is 0 Å². The number of hydrogen-bond acceptors (Lipinski definition) is 4. The number of hydrogen-bond donors (Lipinski definition) is 2. The molecule has 5 nitrogen and oxygen atoms in total. The molecule has 1 heterocycles. The Kier molecular flexibility index (Phi) is 6.05. The van der Waals surface area contributed by atoms with E-state index in [9.17, 15) is 4.79 Å². The van der Waals surface area contributed by atoms with Gasteiger partial charge in [-0.05, 0) is 26.4 Å². The fourth-order valence-corrected chi connectivity index (χ4v) is 2.55. The Labute approximate surface area is 111 Å². The monoisotopic (exact) mass is 256 g/mol. The Morgan fingerprint density at radius 3 is 2.22 bits per heavy atom. The van der Waals surface area contributed by atoms with Crippen molar-refractivity contribution >= 4 is 5.91 Å². The van der Waals surface area contributed by atoms with Gasteiger partial charge in [-0.25, -0.2) is 0 Å². The SMILES string of the molecule is CCCN1CCN(CC(C)(NCC)C(N)=O)CC1. The molecule has 106 valence electrons. The zero-order valence-corrected chi connectivity index (χ0v) is 12.0. The lowest BCUT2D eigenvalue weighted by molar-refractivity contribution is -0.124. The molecule has 1 fully saturated rings. The van der Waals surface area contributed by atoms with Crippen LogP contribution in [-0.4, -0.2) is 67.1 Å². The van der Waals surface area contributed by atoms with E-state index in [0.717, 1.165) is 32.7 Å². The molecule has 1 amide bonds. The molecule has 0 aromatic heterocycles. The van der Waals surface area contributed by atoms with Crippen LogP contribution >= 0.6 is 0 Å². The molecule has 0 aromatic rings. The topological polar surface area (TPSA) is 61.6 Å². The van der Waals surface area contributed by atoms with E-state index in [2.05, 4.69) is 22.0 Å². The summed E-state index contributed by atoms with van der Waals surface area (Å²) in [6, 6.07) is 0. The first-order valence-corrected chi connectivity index (χ1v) is 7.01. The average molecular weight is 256 g/mol. The number of nitrogens with zero attached hydrogens (tertiary/aromatic N) is 2. The number of amides is 1. The second kappa shape index (κ2) is 7.07. The Balaban J connectivity index is 2.45. The predicted octanol–water partition coefficient (Wildman–Crippen LogP) is -0.132. The second-order valence-electron chi connectivity index (χ2n) is 5.34. The highest BCUT2D eigenvalue weighted by Crippen LogP contribution is 2.10. The highest BCUT2D eigenvalue weighted by atomic mass is 16.1. The first kappa shape index (κ1) is 15.4. The molecule has 1 rings (SSSR count). The minimum Gasteiger partial charge on any atom is -0.368 e. The summed E-state index contributed by atoms with van der Waals surface area (Å²) in [6.07, 6.45) is 1.20. The van der Waals surface area contributed by atoms with E-state index in [4.69, 9.17) is 5.73 Å². The third-order valence-corrected chi connectivity index (χ3v) is 3.66. The van der Waals surface area contributed by atoms with Gasteiger partial charge in [0.1, 0.15) is 5.54 Å². The highest BCUT2D eigenvalue weighted by molar-refractivity contribution is 5.84. The number of piperazine rings is 1. The van der Waals surface area contributed by atoms with Crippen molar-refractivity contribution < 1.29 is 4.79 Å². The summed E-state index contributed by atoms with van der Waals surface area (Å²) in [6.45, 7) is 13.0. The van der Waals surface area contributed by atoms with Gasteiger partial charge in [-0.1, -0.05) is 13.8 Å². The predicted molar refractivity (Wildman–Crippen MR) is 74.4 cm³/mol. The first-order chi connectivity index (χ1) is 8.51. The first-order valence-electron chi connectivity index (χ1n) is 7.01. The molecule has 3 N–H and O–H groups in total. The van der Waals surface area contributed by atoms with Gasteiger partial charge in [0, 0.05) is 32.7 Å². The van der Waals surface area contributed by atoms with Crippen molar-refractivity contribution in [3.8, 4) is 0 Å². The molecule has 1 aliphatic rings. The van der Waals surface area contributed by atoms with Crippen LogP contribution in [0.15, 0.2) is 0 Å². The average Bonchev–Trinajstić information content (AvgIpc) is 2.32. The molecule has 0 radical (unpaired) electrons. The third-order valence-electron chi connectivity index (χ3n) is 3.66. The van der Waals surface area contributed by atoms with Gasteiger partial charge in [-0.15, -0.1) is 0 Å². The third kappa shape index (κ3) is 4.23. The summed E-state index contributed by atoms with van der Waals surface area (Å²) in [5.74, 6) is -0.264. The van der Waals surface area contributed by atoms with Crippen molar-refractivity contribution in [2.45, 2.75) is 32.7 Å². The summed E-state index contributed by atoms with van der Waals surface area (Å²) in [5.41, 5.74) is 4.90. The number of carbonyl (C=O) groups excluding carboxylic acids is 1. The number of carbonyl (C=O) groups is 1. The maximum atomic E-state index is 11.6. The van der Waals surface area contributed by atoms with Crippen LogP contribution in [-0.2, 0) is 4.79 Å². The van der Waals surface area contributed by atoms with Gasteiger partial charge in [0.25, 0.3) is 0 Å². The van der Waals surface area contributed by atoms with Crippen LogP contribution in [0.5, 0.6) is 0 Å². The minimum absolute atomic E-state index is 0.264. The number of likely N-dealkylation sites (N-methyl/N-ethyl adjacent to an activating group) is 1. The molecule has 18 heavy (non-hydrogen) atoms. The van der Waals surface area contributed by atoms with Crippen LogP contribution in [0.4, 0.5) is 0 Å². The van der Waals surface area contributed by atoms with Gasteiger partial charge >= 0.3 is 0 Å². The van der Waals surface area contributed by atoms with Crippen molar-refractivity contribution in [3.05, 3.63) is 0 Å². The quantitative estimate of drug-likeness (QED) is 0.666. The second-order valence-corrected chi connectivity index (χ2v) is 5.34. The molecular weight excluding hydrogens is 228 g/mol. The molecule has 1 aliphatic heterocycles. The Morgan fingerprint density at radius 2 is 1.78 bits per heavy atom. The molecule has 1 atom stereocenters. The fourth-order valence-electron chi connectivity index (χ4n) is 2.55. The van der Waals surface area contributed by atoms with E-state index in [1.54, 1.807) is 0 Å². The van der Waals surface area contributed by atoms with Crippen LogP contribution < -0.4 is 11.1 Å². The van der Waals surface area contributed by atoms with Gasteiger partial charge in [0.05, 0.1) is 0 Å². The van der Waals surface area contributed by atoms with Crippen LogP contribution in [0, 0.1) is 0 Å². The Morgan fingerprint density at radius 1 is 1.22 bits per heavy atom. The van der Waals surface area contributed by atoms with E-state index in [0.29, 0.717) is 6.54 Å². The Hall–Kier alpha value is -0.650. The lowest BCUT2D eigenvalue weighted by Crippen LogP contribution is -2.61. The highest BCUT2D eigenvalue weighted by Gasteiger charge is 2.33. The molecule has 0 aromatic carbocycles. The normalized spacial score (nSPS) is 21.7. The van der Waals surface area contributed by atoms with Crippen LogP contribution in [0.3, 0.4) is 0 Å². The summed E-state index contributed by atoms with van der Waals surface area (Å²) < 4.78 is 0. The molecule has 0 aliphatic carbocycles. The molecule has 0 saturated carbocycles. The van der Waals surface area contributed by atoms with Crippen LogP contribution in [0.25, 0.3) is 0 Å². The summed E-state index contributed by atoms with van der Waals surface area (Å²) in [5, 5.41) is 3.21. The fraction of sp³-hybridized carbons (Fsp3) is 0.923.